The third-order valence-corrected chi connectivity index (χ3v) is 23.0. The normalized spacial score (nSPS) is 12.1. The van der Waals surface area contributed by atoms with Gasteiger partial charge in [0.1, 0.15) is 0 Å². The molecule has 0 bridgehead atoms. The number of rotatable bonds is 13. The van der Waals surface area contributed by atoms with E-state index >= 15 is 0 Å². The van der Waals surface area contributed by atoms with E-state index in [2.05, 4.69) is 69.3 Å². The summed E-state index contributed by atoms with van der Waals surface area (Å²) in [6.07, 6.45) is 7.69. The predicted molar refractivity (Wildman–Crippen MR) is 146 cm³/mol. The number of unbranched alkanes of at least 4 members (excludes halogenated alkanes) is 3. The average molecular weight is 549 g/mol. The second kappa shape index (κ2) is 12.8. The molecule has 0 aliphatic rings. The second-order valence-corrected chi connectivity index (χ2v) is 22.7. The van der Waals surface area contributed by atoms with E-state index in [4.69, 9.17) is 0 Å². The fourth-order valence-electron chi connectivity index (χ4n) is 5.42. The Morgan fingerprint density at radius 1 is 0.576 bits per heavy atom. The van der Waals surface area contributed by atoms with Crippen molar-refractivity contribution in [3.63, 3.8) is 0 Å². The van der Waals surface area contributed by atoms with E-state index in [1.165, 1.54) is 51.8 Å². The molecule has 0 amide bonds. The summed E-state index contributed by atoms with van der Waals surface area (Å²) >= 11 is -2.79. The maximum atomic E-state index is 12.7. The number of hydrogen-bond donors (Lipinski definition) is 1. The van der Waals surface area contributed by atoms with E-state index in [9.17, 15) is 5.11 Å². The SMILES string of the molecule is CCC[CH2][Sn]([CH2]CCC)([CH2]CCC)[c]1ccccc1C(O)(c1ccccc1)c1ccccc1. The van der Waals surface area contributed by atoms with Crippen LogP contribution >= 0.6 is 0 Å². The molecule has 0 saturated carbocycles. The van der Waals surface area contributed by atoms with Crippen molar-refractivity contribution in [1.29, 1.82) is 0 Å². The molecule has 1 nitrogen and oxygen atoms in total. The van der Waals surface area contributed by atoms with Crippen LogP contribution in [-0.2, 0) is 5.60 Å². The van der Waals surface area contributed by atoms with Crippen molar-refractivity contribution in [1.82, 2.24) is 0 Å². The van der Waals surface area contributed by atoms with Crippen LogP contribution in [0.1, 0.15) is 76.0 Å². The van der Waals surface area contributed by atoms with Gasteiger partial charge < -0.3 is 0 Å². The first kappa shape index (κ1) is 26.0. The van der Waals surface area contributed by atoms with E-state index in [0.717, 1.165) is 16.7 Å². The Kier molecular flexibility index (Phi) is 10.1. The van der Waals surface area contributed by atoms with Gasteiger partial charge >= 0.3 is 207 Å². The predicted octanol–water partition coefficient (Wildman–Crippen LogP) is 8.03. The molecule has 0 saturated heterocycles. The van der Waals surface area contributed by atoms with Gasteiger partial charge in [-0.25, -0.2) is 0 Å². The fourth-order valence-corrected chi connectivity index (χ4v) is 22.4. The van der Waals surface area contributed by atoms with Crippen LogP contribution in [0.2, 0.25) is 13.3 Å². The average Bonchev–Trinajstić information content (AvgIpc) is 2.89. The molecule has 33 heavy (non-hydrogen) atoms. The fraction of sp³-hybridized carbons (Fsp3) is 0.419. The van der Waals surface area contributed by atoms with Crippen molar-refractivity contribution in [3.8, 4) is 0 Å². The van der Waals surface area contributed by atoms with Gasteiger partial charge in [0.25, 0.3) is 0 Å². The molecule has 3 aromatic rings. The molecule has 0 heterocycles. The Bertz CT molecular complexity index is 890. The standard InChI is InChI=1S/C19H15O.3C4H9.Sn/c20-19(16-10-4-1-5-11-16,17-12-6-2-7-13-17)18-14-8-3-9-15-18;3*1-3-4-2;/h1-14,20H;3*1,3-4H2,2H3;. The first-order valence-electron chi connectivity index (χ1n) is 13.1. The molecule has 0 atom stereocenters. The Morgan fingerprint density at radius 3 is 1.39 bits per heavy atom. The Morgan fingerprint density at radius 2 is 0.970 bits per heavy atom. The molecule has 0 aromatic heterocycles. The summed E-state index contributed by atoms with van der Waals surface area (Å²) in [4.78, 5) is 0. The zero-order valence-electron chi connectivity index (χ0n) is 20.9. The third kappa shape index (κ3) is 5.92. The molecule has 0 unspecified atom stereocenters. The topological polar surface area (TPSA) is 20.2 Å². The van der Waals surface area contributed by atoms with E-state index in [0.29, 0.717) is 0 Å². The van der Waals surface area contributed by atoms with E-state index in [1.807, 2.05) is 36.4 Å². The van der Waals surface area contributed by atoms with Crippen LogP contribution in [0.5, 0.6) is 0 Å². The minimum atomic E-state index is -2.79. The van der Waals surface area contributed by atoms with Gasteiger partial charge in [0.15, 0.2) is 0 Å². The van der Waals surface area contributed by atoms with E-state index < -0.39 is 24.0 Å². The van der Waals surface area contributed by atoms with Crippen molar-refractivity contribution >= 4 is 22.0 Å². The summed E-state index contributed by atoms with van der Waals surface area (Å²) in [5.41, 5.74) is 1.93. The molecule has 0 fully saturated rings. The van der Waals surface area contributed by atoms with Crippen LogP contribution in [0.15, 0.2) is 84.9 Å². The Balaban J connectivity index is 2.28. The first-order chi connectivity index (χ1) is 16.1. The van der Waals surface area contributed by atoms with Gasteiger partial charge in [0, 0.05) is 0 Å². The van der Waals surface area contributed by atoms with Gasteiger partial charge in [-0.3, -0.25) is 0 Å². The van der Waals surface area contributed by atoms with Crippen LogP contribution in [0.3, 0.4) is 0 Å². The van der Waals surface area contributed by atoms with Gasteiger partial charge in [-0.15, -0.1) is 0 Å². The van der Waals surface area contributed by atoms with Crippen molar-refractivity contribution in [2.24, 2.45) is 0 Å². The van der Waals surface area contributed by atoms with Crippen molar-refractivity contribution in [3.05, 3.63) is 102 Å². The number of aliphatic hydroxyl groups is 1. The third-order valence-electron chi connectivity index (χ3n) is 7.30. The molecule has 176 valence electrons. The summed E-state index contributed by atoms with van der Waals surface area (Å²) in [5, 5.41) is 12.7. The molecular formula is C31H42OSn. The first-order valence-corrected chi connectivity index (χ1v) is 20.5. The molecule has 3 rings (SSSR count). The molecule has 0 aliphatic heterocycles. The van der Waals surface area contributed by atoms with Gasteiger partial charge in [0.2, 0.25) is 0 Å². The molecule has 0 aliphatic carbocycles. The van der Waals surface area contributed by atoms with Gasteiger partial charge in [-0.05, 0) is 0 Å². The summed E-state index contributed by atoms with van der Waals surface area (Å²) in [5.74, 6) is 0. The van der Waals surface area contributed by atoms with Gasteiger partial charge in [-0.2, -0.15) is 0 Å². The molecule has 3 aromatic carbocycles. The molecule has 0 spiro atoms. The van der Waals surface area contributed by atoms with Crippen molar-refractivity contribution < 1.29 is 5.11 Å². The molecule has 2 heteroatoms. The minimum absolute atomic E-state index is 0.963. The summed E-state index contributed by atoms with van der Waals surface area (Å²) < 4.78 is 5.73. The van der Waals surface area contributed by atoms with Crippen LogP contribution in [0, 0.1) is 0 Å². The van der Waals surface area contributed by atoms with Crippen LogP contribution in [0.4, 0.5) is 0 Å². The number of hydrogen-bond acceptors (Lipinski definition) is 1. The zero-order valence-corrected chi connectivity index (χ0v) is 23.7. The van der Waals surface area contributed by atoms with Crippen molar-refractivity contribution in [2.45, 2.75) is 78.2 Å². The quantitative estimate of drug-likeness (QED) is 0.169. The zero-order chi connectivity index (χ0) is 23.6. The molecule has 0 radical (unpaired) electrons. The Labute approximate surface area is 206 Å². The van der Waals surface area contributed by atoms with Crippen LogP contribution in [-0.4, -0.2) is 23.5 Å². The van der Waals surface area contributed by atoms with E-state index in [-0.39, 0.29) is 0 Å². The van der Waals surface area contributed by atoms with Crippen LogP contribution < -0.4 is 3.58 Å². The van der Waals surface area contributed by atoms with Crippen LogP contribution in [0.25, 0.3) is 0 Å². The van der Waals surface area contributed by atoms with Gasteiger partial charge in [-0.1, -0.05) is 0 Å². The monoisotopic (exact) mass is 550 g/mol. The number of benzene rings is 3. The van der Waals surface area contributed by atoms with Crippen molar-refractivity contribution in [2.75, 3.05) is 0 Å². The summed E-state index contributed by atoms with van der Waals surface area (Å²) in [6, 6.07) is 29.6. The van der Waals surface area contributed by atoms with E-state index in [1.54, 1.807) is 3.58 Å². The summed E-state index contributed by atoms with van der Waals surface area (Å²) in [6.45, 7) is 6.98. The molecule has 1 N–H and O–H groups in total. The maximum absolute atomic E-state index is 12.7. The second-order valence-electron chi connectivity index (χ2n) is 9.58. The molecular weight excluding hydrogens is 507 g/mol. The van der Waals surface area contributed by atoms with Gasteiger partial charge in [0.05, 0.1) is 0 Å². The summed E-state index contributed by atoms with van der Waals surface area (Å²) in [7, 11) is 0. The Hall–Kier alpha value is -1.58.